The highest BCUT2D eigenvalue weighted by molar-refractivity contribution is 5.96. The zero-order valence-electron chi connectivity index (χ0n) is 21.4. The first-order chi connectivity index (χ1) is 17.0. The third-order valence-electron chi connectivity index (χ3n) is 6.38. The van der Waals surface area contributed by atoms with Gasteiger partial charge in [-0.05, 0) is 79.7 Å². The Bertz CT molecular complexity index is 1050. The van der Waals surface area contributed by atoms with Gasteiger partial charge in [0.25, 0.3) is 0 Å². The molecule has 0 aliphatic heterocycles. The standard InChI is InChI=1S/C28H34O5.CO2/c1-19(29)22-9-11-23(12-10-22)26(30)32-17-20-5-7-21(8-6-20)18-33-27(31)24-13-15-25(16-14-24)28(2,3)4;2-1-3/h9-16,20-21H,5-8,17-18H2,1-4H3;. The molecule has 1 fully saturated rings. The first-order valence-corrected chi connectivity index (χ1v) is 12.1. The second kappa shape index (κ2) is 13.5. The van der Waals surface area contributed by atoms with Crippen LogP contribution in [0.15, 0.2) is 48.5 Å². The summed E-state index contributed by atoms with van der Waals surface area (Å²) in [6, 6.07) is 14.2. The number of carbonyl (C=O) groups is 3. The van der Waals surface area contributed by atoms with E-state index in [0.29, 0.717) is 41.7 Å². The van der Waals surface area contributed by atoms with Gasteiger partial charge in [-0.3, -0.25) is 4.79 Å². The van der Waals surface area contributed by atoms with Gasteiger partial charge in [0, 0.05) is 5.56 Å². The maximum absolute atomic E-state index is 12.4. The molecule has 1 aliphatic rings. The molecule has 1 saturated carbocycles. The Morgan fingerprint density at radius 2 is 1.06 bits per heavy atom. The molecule has 0 atom stereocenters. The quantitative estimate of drug-likeness (QED) is 0.374. The zero-order chi connectivity index (χ0) is 26.7. The van der Waals surface area contributed by atoms with Crippen LogP contribution in [0.2, 0.25) is 0 Å². The molecule has 0 spiro atoms. The van der Waals surface area contributed by atoms with Gasteiger partial charge in [-0.25, -0.2) is 9.59 Å². The lowest BCUT2D eigenvalue weighted by Gasteiger charge is -2.27. The lowest BCUT2D eigenvalue weighted by atomic mass is 9.83. The third kappa shape index (κ3) is 8.90. The lowest BCUT2D eigenvalue weighted by Crippen LogP contribution is -2.24. The number of esters is 2. The molecule has 0 aromatic heterocycles. The number of ether oxygens (including phenoxy) is 2. The number of hydrogen-bond donors (Lipinski definition) is 0. The molecular formula is C29H34O7. The maximum atomic E-state index is 12.4. The minimum absolute atomic E-state index is 0.0317. The maximum Gasteiger partial charge on any atom is 0.373 e. The molecule has 192 valence electrons. The SMILES string of the molecule is CC(=O)c1ccc(C(=O)OCC2CCC(COC(=O)c3ccc(C(C)(C)C)cc3)CC2)cc1.O=C=O. The van der Waals surface area contributed by atoms with Crippen LogP contribution in [0.5, 0.6) is 0 Å². The van der Waals surface area contributed by atoms with E-state index < -0.39 is 0 Å². The van der Waals surface area contributed by atoms with Gasteiger partial charge in [0.2, 0.25) is 0 Å². The van der Waals surface area contributed by atoms with Gasteiger partial charge in [-0.15, -0.1) is 0 Å². The van der Waals surface area contributed by atoms with E-state index >= 15 is 0 Å². The Labute approximate surface area is 212 Å². The summed E-state index contributed by atoms with van der Waals surface area (Å²) in [4.78, 5) is 52.2. The summed E-state index contributed by atoms with van der Waals surface area (Å²) < 4.78 is 11.0. The molecule has 1 aliphatic carbocycles. The summed E-state index contributed by atoms with van der Waals surface area (Å²) in [6.45, 7) is 8.74. The van der Waals surface area contributed by atoms with Crippen LogP contribution in [-0.2, 0) is 24.5 Å². The molecule has 0 bridgehead atoms. The Balaban J connectivity index is 0.00000145. The van der Waals surface area contributed by atoms with Gasteiger partial charge in [0.05, 0.1) is 24.3 Å². The first kappa shape index (κ1) is 28.7. The van der Waals surface area contributed by atoms with E-state index in [1.165, 1.54) is 12.5 Å². The predicted octanol–water partition coefficient (Wildman–Crippen LogP) is 5.42. The van der Waals surface area contributed by atoms with E-state index in [-0.39, 0.29) is 29.3 Å². The molecule has 7 nitrogen and oxygen atoms in total. The smallest absolute Gasteiger partial charge is 0.373 e. The van der Waals surface area contributed by atoms with Crippen LogP contribution in [0.3, 0.4) is 0 Å². The highest BCUT2D eigenvalue weighted by Gasteiger charge is 2.24. The largest absolute Gasteiger partial charge is 0.462 e. The van der Waals surface area contributed by atoms with Crippen molar-refractivity contribution in [2.24, 2.45) is 11.8 Å². The van der Waals surface area contributed by atoms with E-state index in [2.05, 4.69) is 20.8 Å². The normalized spacial score (nSPS) is 17.1. The van der Waals surface area contributed by atoms with Crippen molar-refractivity contribution in [3.8, 4) is 0 Å². The van der Waals surface area contributed by atoms with Crippen molar-refractivity contribution in [3.05, 3.63) is 70.8 Å². The fraction of sp³-hybridized carbons (Fsp3) is 0.448. The van der Waals surface area contributed by atoms with E-state index in [4.69, 9.17) is 19.1 Å². The van der Waals surface area contributed by atoms with Gasteiger partial charge in [0.15, 0.2) is 5.78 Å². The number of hydrogen-bond acceptors (Lipinski definition) is 7. The molecule has 7 heteroatoms. The van der Waals surface area contributed by atoms with Crippen LogP contribution in [0.1, 0.15) is 90.0 Å². The average Bonchev–Trinajstić information content (AvgIpc) is 2.86. The summed E-state index contributed by atoms with van der Waals surface area (Å²) in [5.41, 5.74) is 2.85. The molecule has 2 aromatic carbocycles. The lowest BCUT2D eigenvalue weighted by molar-refractivity contribution is -0.191. The predicted molar refractivity (Wildman–Crippen MR) is 133 cm³/mol. The van der Waals surface area contributed by atoms with Gasteiger partial charge in [-0.2, -0.15) is 9.59 Å². The number of carbonyl (C=O) groups excluding carboxylic acids is 5. The monoisotopic (exact) mass is 494 g/mol. The molecule has 36 heavy (non-hydrogen) atoms. The highest BCUT2D eigenvalue weighted by Crippen LogP contribution is 2.30. The van der Waals surface area contributed by atoms with Crippen LogP contribution < -0.4 is 0 Å². The molecule has 0 radical (unpaired) electrons. The van der Waals surface area contributed by atoms with E-state index in [0.717, 1.165) is 25.7 Å². The van der Waals surface area contributed by atoms with E-state index in [9.17, 15) is 14.4 Å². The summed E-state index contributed by atoms with van der Waals surface area (Å²) in [5, 5.41) is 0. The molecule has 0 unspecified atom stereocenters. The third-order valence-corrected chi connectivity index (χ3v) is 6.38. The number of rotatable bonds is 7. The van der Waals surface area contributed by atoms with Crippen molar-refractivity contribution in [2.75, 3.05) is 13.2 Å². The fourth-order valence-corrected chi connectivity index (χ4v) is 4.07. The second-order valence-electron chi connectivity index (χ2n) is 10.1. The molecule has 2 aromatic rings. The van der Waals surface area contributed by atoms with E-state index in [1.807, 2.05) is 24.3 Å². The van der Waals surface area contributed by atoms with Gasteiger partial charge < -0.3 is 9.47 Å². The Kier molecular flexibility index (Phi) is 10.8. The Morgan fingerprint density at radius 1 is 0.722 bits per heavy atom. The first-order valence-electron chi connectivity index (χ1n) is 12.1. The second-order valence-corrected chi connectivity index (χ2v) is 10.1. The Morgan fingerprint density at radius 3 is 1.39 bits per heavy atom. The topological polar surface area (TPSA) is 104 Å². The van der Waals surface area contributed by atoms with Crippen molar-refractivity contribution in [1.82, 2.24) is 0 Å². The van der Waals surface area contributed by atoms with Gasteiger partial charge in [0.1, 0.15) is 0 Å². The van der Waals surface area contributed by atoms with Gasteiger partial charge in [-0.1, -0.05) is 45.0 Å². The van der Waals surface area contributed by atoms with Crippen molar-refractivity contribution >= 4 is 23.9 Å². The van der Waals surface area contributed by atoms with Crippen LogP contribution in [0.25, 0.3) is 0 Å². The van der Waals surface area contributed by atoms with E-state index in [1.54, 1.807) is 24.3 Å². The summed E-state index contributed by atoms with van der Waals surface area (Å²) in [6.07, 6.45) is 4.04. The molecule has 3 rings (SSSR count). The van der Waals surface area contributed by atoms with Crippen molar-refractivity contribution in [2.45, 2.75) is 58.8 Å². The van der Waals surface area contributed by atoms with Gasteiger partial charge >= 0.3 is 18.1 Å². The van der Waals surface area contributed by atoms with Crippen molar-refractivity contribution in [1.29, 1.82) is 0 Å². The van der Waals surface area contributed by atoms with Crippen molar-refractivity contribution in [3.63, 3.8) is 0 Å². The minimum atomic E-state index is -0.362. The molecule has 0 saturated heterocycles. The summed E-state index contributed by atoms with van der Waals surface area (Å²) in [7, 11) is 0. The van der Waals surface area contributed by atoms with Crippen LogP contribution >= 0.6 is 0 Å². The zero-order valence-corrected chi connectivity index (χ0v) is 21.4. The molecule has 0 N–H and O–H groups in total. The minimum Gasteiger partial charge on any atom is -0.462 e. The Hall–Kier alpha value is -3.57. The van der Waals surface area contributed by atoms with Crippen molar-refractivity contribution < 1.29 is 33.4 Å². The highest BCUT2D eigenvalue weighted by atomic mass is 16.5. The summed E-state index contributed by atoms with van der Waals surface area (Å²) in [5.74, 6) is -0.00653. The van der Waals surface area contributed by atoms with Crippen LogP contribution in [0, 0.1) is 11.8 Å². The fourth-order valence-electron chi connectivity index (χ4n) is 4.07. The molecule has 0 amide bonds. The van der Waals surface area contributed by atoms with Crippen LogP contribution in [0.4, 0.5) is 0 Å². The summed E-state index contributed by atoms with van der Waals surface area (Å²) >= 11 is 0. The number of ketones is 1. The average molecular weight is 495 g/mol. The molecule has 0 heterocycles. The number of Topliss-reactive ketones (excluding diaryl/α,β-unsaturated/α-hetero) is 1. The number of benzene rings is 2. The molecular weight excluding hydrogens is 460 g/mol. The van der Waals surface area contributed by atoms with Crippen LogP contribution in [-0.4, -0.2) is 37.1 Å².